The SMILES string of the molecule is Cc1cc(C(=O)CN2C(=O)N[C@](Cc3ccccc3)(c3ccccc3)C2=O)c(C)n1C. The van der Waals surface area contributed by atoms with Gasteiger partial charge < -0.3 is 9.88 Å². The molecule has 6 heteroatoms. The lowest BCUT2D eigenvalue weighted by Crippen LogP contribution is -2.46. The summed E-state index contributed by atoms with van der Waals surface area (Å²) in [5, 5.41) is 2.90. The molecule has 3 aromatic rings. The minimum atomic E-state index is -1.25. The number of benzene rings is 2. The number of carbonyl (C=O) groups is 3. The van der Waals surface area contributed by atoms with Gasteiger partial charge in [-0.3, -0.25) is 14.5 Å². The quantitative estimate of drug-likeness (QED) is 0.495. The van der Waals surface area contributed by atoms with Crippen LogP contribution in [0, 0.1) is 13.8 Å². The van der Waals surface area contributed by atoms with Crippen LogP contribution in [0.4, 0.5) is 4.79 Å². The Hall–Kier alpha value is -3.67. The number of aryl methyl sites for hydroxylation is 1. The standard InChI is InChI=1S/C25H25N3O3/c1-17-14-21(18(2)27(17)3)22(29)16-28-23(30)25(26-24(28)31,20-12-8-5-9-13-20)15-19-10-6-4-7-11-19/h4-14H,15-16H2,1-3H3,(H,26,31)/t25-/m1/s1. The predicted molar refractivity (Wildman–Crippen MR) is 118 cm³/mol. The number of hydrogen-bond acceptors (Lipinski definition) is 3. The zero-order valence-corrected chi connectivity index (χ0v) is 17.9. The molecule has 0 bridgehead atoms. The highest BCUT2D eigenvalue weighted by Gasteiger charge is 2.52. The van der Waals surface area contributed by atoms with Gasteiger partial charge in [-0.2, -0.15) is 0 Å². The number of ketones is 1. The van der Waals surface area contributed by atoms with Crippen LogP contribution in [-0.4, -0.2) is 33.7 Å². The lowest BCUT2D eigenvalue weighted by atomic mass is 9.83. The molecule has 158 valence electrons. The number of urea groups is 1. The Kier molecular flexibility index (Phi) is 5.23. The monoisotopic (exact) mass is 415 g/mol. The number of hydrogen-bond donors (Lipinski definition) is 1. The van der Waals surface area contributed by atoms with Crippen molar-refractivity contribution in [3.63, 3.8) is 0 Å². The van der Waals surface area contributed by atoms with Gasteiger partial charge >= 0.3 is 6.03 Å². The van der Waals surface area contributed by atoms with E-state index in [1.165, 1.54) is 0 Å². The Balaban J connectivity index is 1.69. The molecule has 0 aliphatic carbocycles. The van der Waals surface area contributed by atoms with Crippen LogP contribution < -0.4 is 5.32 Å². The second-order valence-corrected chi connectivity index (χ2v) is 8.02. The summed E-state index contributed by atoms with van der Waals surface area (Å²) in [6.45, 7) is 3.48. The molecule has 4 rings (SSSR count). The average molecular weight is 415 g/mol. The van der Waals surface area contributed by atoms with Gasteiger partial charge in [-0.05, 0) is 31.0 Å². The maximum Gasteiger partial charge on any atom is 0.325 e. The number of carbonyl (C=O) groups excluding carboxylic acids is 3. The Labute approximate surface area is 181 Å². The molecule has 0 saturated carbocycles. The Morgan fingerprint density at radius 1 is 0.968 bits per heavy atom. The number of nitrogens with zero attached hydrogens (tertiary/aromatic N) is 2. The molecule has 1 fully saturated rings. The molecule has 1 aliphatic rings. The van der Waals surface area contributed by atoms with E-state index in [9.17, 15) is 14.4 Å². The highest BCUT2D eigenvalue weighted by atomic mass is 16.2. The Morgan fingerprint density at radius 2 is 1.58 bits per heavy atom. The summed E-state index contributed by atoms with van der Waals surface area (Å²) in [5.74, 6) is -0.667. The molecule has 1 saturated heterocycles. The van der Waals surface area contributed by atoms with Crippen molar-refractivity contribution in [2.24, 2.45) is 7.05 Å². The lowest BCUT2D eigenvalue weighted by Gasteiger charge is -2.27. The molecule has 0 spiro atoms. The van der Waals surface area contributed by atoms with E-state index in [4.69, 9.17) is 0 Å². The van der Waals surface area contributed by atoms with Crippen LogP contribution in [0.1, 0.15) is 32.9 Å². The van der Waals surface area contributed by atoms with Crippen molar-refractivity contribution in [2.45, 2.75) is 25.8 Å². The minimum Gasteiger partial charge on any atom is -0.351 e. The predicted octanol–water partition coefficient (Wildman–Crippen LogP) is 3.51. The van der Waals surface area contributed by atoms with Gasteiger partial charge in [0.15, 0.2) is 11.3 Å². The highest BCUT2D eigenvalue weighted by Crippen LogP contribution is 2.33. The zero-order valence-electron chi connectivity index (χ0n) is 17.9. The summed E-state index contributed by atoms with van der Waals surface area (Å²) in [6, 6.07) is 20.0. The van der Waals surface area contributed by atoms with Gasteiger partial charge in [0.2, 0.25) is 0 Å². The summed E-state index contributed by atoms with van der Waals surface area (Å²) >= 11 is 0. The van der Waals surface area contributed by atoms with Crippen LogP contribution in [-0.2, 0) is 23.8 Å². The first kappa shape index (κ1) is 20.6. The molecule has 0 unspecified atom stereocenters. The topological polar surface area (TPSA) is 71.4 Å². The van der Waals surface area contributed by atoms with E-state index < -0.39 is 17.5 Å². The van der Waals surface area contributed by atoms with Gasteiger partial charge in [0, 0.05) is 30.4 Å². The molecule has 3 amide bonds. The number of amides is 3. The average Bonchev–Trinajstić information content (AvgIpc) is 3.17. The zero-order chi connectivity index (χ0) is 22.2. The molecule has 1 atom stereocenters. The second kappa shape index (κ2) is 7.87. The van der Waals surface area contributed by atoms with E-state index >= 15 is 0 Å². The fraction of sp³-hybridized carbons (Fsp3) is 0.240. The van der Waals surface area contributed by atoms with Crippen LogP contribution in [0.25, 0.3) is 0 Å². The first-order valence-corrected chi connectivity index (χ1v) is 10.2. The van der Waals surface area contributed by atoms with E-state index in [1.54, 1.807) is 6.07 Å². The molecule has 1 aliphatic heterocycles. The lowest BCUT2D eigenvalue weighted by molar-refractivity contribution is -0.131. The molecule has 1 aromatic heterocycles. The van der Waals surface area contributed by atoms with E-state index in [2.05, 4.69) is 5.32 Å². The highest BCUT2D eigenvalue weighted by molar-refractivity contribution is 6.11. The van der Waals surface area contributed by atoms with Crippen LogP contribution in [0.15, 0.2) is 66.7 Å². The summed E-state index contributed by atoms with van der Waals surface area (Å²) in [4.78, 5) is 40.6. The van der Waals surface area contributed by atoms with Gasteiger partial charge in [-0.1, -0.05) is 60.7 Å². The summed E-state index contributed by atoms with van der Waals surface area (Å²) < 4.78 is 1.92. The minimum absolute atomic E-state index is 0.256. The van der Waals surface area contributed by atoms with Crippen molar-refractivity contribution in [3.05, 3.63) is 94.8 Å². The van der Waals surface area contributed by atoms with Gasteiger partial charge in [0.25, 0.3) is 5.91 Å². The molecule has 0 radical (unpaired) electrons. The van der Waals surface area contributed by atoms with Crippen molar-refractivity contribution in [2.75, 3.05) is 6.54 Å². The third kappa shape index (κ3) is 3.54. The van der Waals surface area contributed by atoms with Gasteiger partial charge in [-0.15, -0.1) is 0 Å². The van der Waals surface area contributed by atoms with Crippen molar-refractivity contribution >= 4 is 17.7 Å². The molecular formula is C25H25N3O3. The number of aromatic nitrogens is 1. The molecule has 31 heavy (non-hydrogen) atoms. The van der Waals surface area contributed by atoms with Crippen molar-refractivity contribution < 1.29 is 14.4 Å². The molecule has 2 heterocycles. The van der Waals surface area contributed by atoms with E-state index in [0.717, 1.165) is 21.9 Å². The maximum absolute atomic E-state index is 13.7. The van der Waals surface area contributed by atoms with Gasteiger partial charge in [-0.25, -0.2) is 4.79 Å². The van der Waals surface area contributed by atoms with E-state index in [-0.39, 0.29) is 12.3 Å². The summed E-state index contributed by atoms with van der Waals surface area (Å²) in [7, 11) is 1.88. The number of nitrogens with one attached hydrogen (secondary N) is 1. The molecule has 6 nitrogen and oxygen atoms in total. The molecule has 1 N–H and O–H groups in total. The fourth-order valence-corrected chi connectivity index (χ4v) is 4.18. The molecular weight excluding hydrogens is 390 g/mol. The normalized spacial score (nSPS) is 18.4. The number of imide groups is 1. The smallest absolute Gasteiger partial charge is 0.325 e. The Morgan fingerprint density at radius 3 is 2.16 bits per heavy atom. The van der Waals surface area contributed by atoms with Crippen LogP contribution in [0.3, 0.4) is 0 Å². The fourth-order valence-electron chi connectivity index (χ4n) is 4.18. The van der Waals surface area contributed by atoms with Gasteiger partial charge in [0.05, 0.1) is 6.54 Å². The number of rotatable bonds is 6. The van der Waals surface area contributed by atoms with E-state index in [1.807, 2.05) is 86.1 Å². The Bertz CT molecular complexity index is 1150. The largest absolute Gasteiger partial charge is 0.351 e. The van der Waals surface area contributed by atoms with Crippen LogP contribution >= 0.6 is 0 Å². The van der Waals surface area contributed by atoms with E-state index in [0.29, 0.717) is 17.5 Å². The van der Waals surface area contributed by atoms with Crippen molar-refractivity contribution in [1.82, 2.24) is 14.8 Å². The van der Waals surface area contributed by atoms with Crippen LogP contribution in [0.2, 0.25) is 0 Å². The molecule has 2 aromatic carbocycles. The third-order valence-corrected chi connectivity index (χ3v) is 6.13. The first-order valence-electron chi connectivity index (χ1n) is 10.2. The van der Waals surface area contributed by atoms with Gasteiger partial charge in [0.1, 0.15) is 0 Å². The third-order valence-electron chi connectivity index (χ3n) is 6.13. The first-order chi connectivity index (χ1) is 14.8. The summed E-state index contributed by atoms with van der Waals surface area (Å²) in [6.07, 6.45) is 0.302. The number of Topliss-reactive ketones (excluding diaryl/α,β-unsaturated/α-hetero) is 1. The van der Waals surface area contributed by atoms with Crippen molar-refractivity contribution in [1.29, 1.82) is 0 Å². The summed E-state index contributed by atoms with van der Waals surface area (Å²) in [5.41, 5.74) is 2.65. The van der Waals surface area contributed by atoms with Crippen LogP contribution in [0.5, 0.6) is 0 Å². The second-order valence-electron chi connectivity index (χ2n) is 8.02. The van der Waals surface area contributed by atoms with Crippen molar-refractivity contribution in [3.8, 4) is 0 Å². The maximum atomic E-state index is 13.7.